The Labute approximate surface area is 156 Å². The molecule has 3 amide bonds. The van der Waals surface area contributed by atoms with Crippen molar-refractivity contribution in [1.29, 1.82) is 0 Å². The monoisotopic (exact) mass is 380 g/mol. The number of allylic oxidation sites excluding steroid dienone is 1. The zero-order chi connectivity index (χ0) is 20.2. The molecule has 0 radical (unpaired) electrons. The van der Waals surface area contributed by atoms with E-state index in [1.807, 2.05) is 13.8 Å². The molecule has 0 unspecified atom stereocenters. The van der Waals surface area contributed by atoms with E-state index in [-0.39, 0.29) is 25.6 Å². The summed E-state index contributed by atoms with van der Waals surface area (Å²) in [6.07, 6.45) is 7.81. The van der Waals surface area contributed by atoms with Gasteiger partial charge >= 0.3 is 18.0 Å². The number of carbonyl (C=O) groups is 4. The summed E-state index contributed by atoms with van der Waals surface area (Å²) < 4.78 is 21.7. The van der Waals surface area contributed by atoms with E-state index in [9.17, 15) is 23.6 Å². The normalized spacial score (nSPS) is 23.5. The zero-order valence-corrected chi connectivity index (χ0v) is 15.1. The van der Waals surface area contributed by atoms with Gasteiger partial charge in [0.05, 0.1) is 12.5 Å². The molecule has 1 aliphatic carbocycles. The highest BCUT2D eigenvalue weighted by molar-refractivity contribution is 6.02. The van der Waals surface area contributed by atoms with Gasteiger partial charge in [-0.3, -0.25) is 9.59 Å². The van der Waals surface area contributed by atoms with Crippen molar-refractivity contribution in [3.05, 3.63) is 12.2 Å². The minimum atomic E-state index is -0.768. The first-order chi connectivity index (χ1) is 12.7. The molecule has 2 atom stereocenters. The lowest BCUT2D eigenvalue weighted by Gasteiger charge is -2.15. The molecule has 0 aromatic heterocycles. The van der Waals surface area contributed by atoms with Gasteiger partial charge in [0, 0.05) is 6.08 Å². The molecule has 8 nitrogen and oxygen atoms in total. The number of rotatable bonds is 8. The van der Waals surface area contributed by atoms with Gasteiger partial charge in [0.2, 0.25) is 0 Å². The Hall–Kier alpha value is -2.89. The van der Waals surface area contributed by atoms with Crippen molar-refractivity contribution in [2.75, 3.05) is 33.1 Å². The number of terminal acetylenes is 1. The average Bonchev–Trinajstić information content (AvgIpc) is 3.06. The fraction of sp³-hybridized carbons (Fsp3) is 0.556. The molecular weight excluding hydrogens is 359 g/mol. The van der Waals surface area contributed by atoms with Crippen LogP contribution in [0, 0.1) is 29.6 Å². The third-order valence-electron chi connectivity index (χ3n) is 4.67. The number of alkyl halides is 1. The standard InChI is InChI=1S/C18H21FN2O6/c1-4-8-20-10-13(22)21(17(20)25)11-27-16(24)15-12(18(15,2)3)5-6-14(23)26-9-7-19/h1,5-6,12,15H,7-11H2,2-3H3/b6-5-/t12-,15-/m0/s1. The van der Waals surface area contributed by atoms with Gasteiger partial charge in [-0.15, -0.1) is 6.42 Å². The topological polar surface area (TPSA) is 93.2 Å². The summed E-state index contributed by atoms with van der Waals surface area (Å²) in [5.74, 6) is -0.290. The Morgan fingerprint density at radius 2 is 2.07 bits per heavy atom. The van der Waals surface area contributed by atoms with Crippen LogP contribution >= 0.6 is 0 Å². The van der Waals surface area contributed by atoms with Crippen molar-refractivity contribution >= 4 is 23.9 Å². The lowest BCUT2D eigenvalue weighted by Crippen LogP contribution is -2.36. The number of urea groups is 1. The number of esters is 2. The molecule has 0 spiro atoms. The molecule has 1 saturated carbocycles. The Morgan fingerprint density at radius 1 is 1.37 bits per heavy atom. The van der Waals surface area contributed by atoms with Crippen molar-refractivity contribution in [1.82, 2.24) is 9.80 Å². The highest BCUT2D eigenvalue weighted by Crippen LogP contribution is 2.59. The van der Waals surface area contributed by atoms with Gasteiger partial charge in [0.25, 0.3) is 5.91 Å². The van der Waals surface area contributed by atoms with Gasteiger partial charge in [-0.05, 0) is 11.3 Å². The van der Waals surface area contributed by atoms with Gasteiger partial charge in [-0.25, -0.2) is 18.9 Å². The predicted octanol–water partition coefficient (Wildman–Crippen LogP) is 0.726. The maximum Gasteiger partial charge on any atom is 0.330 e. The third-order valence-corrected chi connectivity index (χ3v) is 4.67. The molecule has 9 heteroatoms. The average molecular weight is 380 g/mol. The predicted molar refractivity (Wildman–Crippen MR) is 90.4 cm³/mol. The van der Waals surface area contributed by atoms with E-state index in [0.717, 1.165) is 11.0 Å². The second-order valence-electron chi connectivity index (χ2n) is 6.80. The molecule has 1 aliphatic heterocycles. The number of imide groups is 1. The van der Waals surface area contributed by atoms with Gasteiger partial charge in [-0.1, -0.05) is 25.8 Å². The summed E-state index contributed by atoms with van der Waals surface area (Å²) in [4.78, 5) is 49.5. The summed E-state index contributed by atoms with van der Waals surface area (Å²) in [6.45, 7) is 1.91. The molecule has 27 heavy (non-hydrogen) atoms. The van der Waals surface area contributed by atoms with Crippen molar-refractivity contribution < 1.29 is 33.0 Å². The van der Waals surface area contributed by atoms with Crippen LogP contribution in [-0.2, 0) is 23.9 Å². The molecule has 2 aliphatic rings. The Morgan fingerprint density at radius 3 is 2.70 bits per heavy atom. The van der Waals surface area contributed by atoms with Crippen LogP contribution in [0.4, 0.5) is 9.18 Å². The highest BCUT2D eigenvalue weighted by Gasteiger charge is 2.61. The second kappa shape index (κ2) is 8.20. The third kappa shape index (κ3) is 4.45. The van der Waals surface area contributed by atoms with Crippen LogP contribution in [0.25, 0.3) is 0 Å². The van der Waals surface area contributed by atoms with E-state index in [1.54, 1.807) is 0 Å². The van der Waals surface area contributed by atoms with Crippen LogP contribution in [0.5, 0.6) is 0 Å². The van der Waals surface area contributed by atoms with Crippen LogP contribution in [-0.4, -0.2) is 66.8 Å². The van der Waals surface area contributed by atoms with Gasteiger partial charge in [0.15, 0.2) is 6.73 Å². The van der Waals surface area contributed by atoms with Crippen molar-refractivity contribution in [3.8, 4) is 12.3 Å². The quantitative estimate of drug-likeness (QED) is 0.267. The molecule has 2 rings (SSSR count). The van der Waals surface area contributed by atoms with E-state index in [0.29, 0.717) is 0 Å². The first kappa shape index (κ1) is 20.4. The number of nitrogens with zero attached hydrogens (tertiary/aromatic N) is 2. The molecule has 1 saturated heterocycles. The number of hydrogen-bond donors (Lipinski definition) is 0. The van der Waals surface area contributed by atoms with E-state index < -0.39 is 48.6 Å². The number of amides is 3. The van der Waals surface area contributed by atoms with E-state index in [2.05, 4.69) is 10.7 Å². The second-order valence-corrected chi connectivity index (χ2v) is 6.80. The largest absolute Gasteiger partial charge is 0.460 e. The smallest absolute Gasteiger partial charge is 0.330 e. The number of carbonyl (C=O) groups excluding carboxylic acids is 4. The fourth-order valence-electron chi connectivity index (χ4n) is 3.03. The lowest BCUT2D eigenvalue weighted by molar-refractivity contribution is -0.151. The number of halogens is 1. The van der Waals surface area contributed by atoms with Gasteiger partial charge in [-0.2, -0.15) is 0 Å². The van der Waals surface area contributed by atoms with E-state index in [4.69, 9.17) is 11.2 Å². The van der Waals surface area contributed by atoms with Crippen LogP contribution in [0.2, 0.25) is 0 Å². The summed E-state index contributed by atoms with van der Waals surface area (Å²) in [7, 11) is 0. The summed E-state index contributed by atoms with van der Waals surface area (Å²) >= 11 is 0. The van der Waals surface area contributed by atoms with Crippen LogP contribution in [0.15, 0.2) is 12.2 Å². The summed E-state index contributed by atoms with van der Waals surface area (Å²) in [6, 6.07) is -0.604. The Balaban J connectivity index is 1.88. The minimum Gasteiger partial charge on any atom is -0.460 e. The first-order valence-corrected chi connectivity index (χ1v) is 8.34. The molecule has 1 heterocycles. The van der Waals surface area contributed by atoms with E-state index >= 15 is 0 Å². The molecule has 146 valence electrons. The van der Waals surface area contributed by atoms with Crippen LogP contribution in [0.3, 0.4) is 0 Å². The SMILES string of the molecule is C#CCN1CC(=O)N(COC(=O)[C@@H]2[C@H](/C=C\C(=O)OCCF)C2(C)C)C1=O. The fourth-order valence-corrected chi connectivity index (χ4v) is 3.03. The molecule has 0 aromatic carbocycles. The van der Waals surface area contributed by atoms with Crippen LogP contribution in [0.1, 0.15) is 13.8 Å². The van der Waals surface area contributed by atoms with Gasteiger partial charge < -0.3 is 14.4 Å². The molecule has 0 aromatic rings. The van der Waals surface area contributed by atoms with Crippen molar-refractivity contribution in [3.63, 3.8) is 0 Å². The molecular formula is C18H21FN2O6. The number of hydrogen-bond acceptors (Lipinski definition) is 6. The van der Waals surface area contributed by atoms with Crippen molar-refractivity contribution in [2.24, 2.45) is 17.3 Å². The Bertz CT molecular complexity index is 711. The Kier molecular flexibility index (Phi) is 6.20. The summed E-state index contributed by atoms with van der Waals surface area (Å²) in [5.41, 5.74) is -0.456. The maximum absolute atomic E-state index is 12.3. The van der Waals surface area contributed by atoms with Crippen LogP contribution < -0.4 is 0 Å². The molecule has 0 N–H and O–H groups in total. The minimum absolute atomic E-state index is 0.00392. The summed E-state index contributed by atoms with van der Waals surface area (Å²) in [5, 5.41) is 0. The maximum atomic E-state index is 12.3. The highest BCUT2D eigenvalue weighted by atomic mass is 19.1. The number of ether oxygens (including phenoxy) is 2. The molecule has 0 bridgehead atoms. The first-order valence-electron chi connectivity index (χ1n) is 8.34. The van der Waals surface area contributed by atoms with Gasteiger partial charge in [0.1, 0.15) is 19.8 Å². The molecule has 2 fully saturated rings. The lowest BCUT2D eigenvalue weighted by atomic mass is 10.1. The van der Waals surface area contributed by atoms with E-state index in [1.165, 1.54) is 11.0 Å². The zero-order valence-electron chi connectivity index (χ0n) is 15.1. The van der Waals surface area contributed by atoms with Crippen molar-refractivity contribution in [2.45, 2.75) is 13.8 Å².